The monoisotopic (exact) mass is 363 g/mol. The van der Waals surface area contributed by atoms with Crippen LogP contribution in [0.1, 0.15) is 30.1 Å². The summed E-state index contributed by atoms with van der Waals surface area (Å²) in [4.78, 5) is 38.0. The average molecular weight is 363 g/mol. The molecule has 0 radical (unpaired) electrons. The van der Waals surface area contributed by atoms with E-state index in [1.165, 1.54) is 0 Å². The number of rotatable bonds is 4. The molecule has 0 N–H and O–H groups in total. The molecule has 132 valence electrons. The maximum atomic E-state index is 12.4. The zero-order valence-electron chi connectivity index (χ0n) is 13.6. The molecule has 3 aliphatic rings. The minimum atomic E-state index is -0.616. The Morgan fingerprint density at radius 1 is 1.36 bits per heavy atom. The second kappa shape index (κ2) is 5.94. The number of ketones is 1. The zero-order valence-corrected chi connectivity index (χ0v) is 14.5. The maximum Gasteiger partial charge on any atom is 0.330 e. The highest BCUT2D eigenvalue weighted by Gasteiger charge is 2.53. The van der Waals surface area contributed by atoms with Crippen LogP contribution in [0.15, 0.2) is 18.2 Å². The lowest BCUT2D eigenvalue weighted by atomic mass is 10.1. The van der Waals surface area contributed by atoms with Crippen LogP contribution >= 0.6 is 11.8 Å². The molecule has 2 atom stereocenters. The van der Waals surface area contributed by atoms with Crippen molar-refractivity contribution >= 4 is 29.4 Å². The molecule has 0 bridgehead atoms. The first-order chi connectivity index (χ1) is 12.0. The topological polar surface area (TPSA) is 82.1 Å². The molecular weight excluding hydrogens is 346 g/mol. The fourth-order valence-corrected chi connectivity index (χ4v) is 4.80. The Hall–Kier alpha value is -2.22. The Morgan fingerprint density at radius 2 is 2.16 bits per heavy atom. The quantitative estimate of drug-likeness (QED) is 0.593. The van der Waals surface area contributed by atoms with Gasteiger partial charge in [0.15, 0.2) is 23.9 Å². The number of carbonyl (C=O) groups is 3. The van der Waals surface area contributed by atoms with Gasteiger partial charge < -0.3 is 19.1 Å². The number of fused-ring (bicyclic) bond motifs is 2. The maximum absolute atomic E-state index is 12.4. The predicted molar refractivity (Wildman–Crippen MR) is 88.6 cm³/mol. The summed E-state index contributed by atoms with van der Waals surface area (Å²) in [6.45, 7) is 1.73. The van der Waals surface area contributed by atoms with Gasteiger partial charge in [-0.15, -0.1) is 11.8 Å². The molecule has 0 spiro atoms. The minimum absolute atomic E-state index is 0.0310. The number of ether oxygens (including phenoxy) is 3. The lowest BCUT2D eigenvalue weighted by molar-refractivity contribution is -0.152. The lowest BCUT2D eigenvalue weighted by Gasteiger charge is -2.29. The van der Waals surface area contributed by atoms with E-state index in [1.807, 2.05) is 6.92 Å². The molecule has 0 aromatic heterocycles. The molecule has 8 heteroatoms. The third kappa shape index (κ3) is 2.74. The van der Waals surface area contributed by atoms with Crippen molar-refractivity contribution in [1.82, 2.24) is 4.90 Å². The van der Waals surface area contributed by atoms with Crippen LogP contribution in [0.5, 0.6) is 11.5 Å². The summed E-state index contributed by atoms with van der Waals surface area (Å²) in [7, 11) is 0. The van der Waals surface area contributed by atoms with Crippen LogP contribution in [0.25, 0.3) is 0 Å². The molecule has 3 aliphatic heterocycles. The van der Waals surface area contributed by atoms with E-state index in [9.17, 15) is 14.4 Å². The smallest absolute Gasteiger partial charge is 0.330 e. The molecule has 1 aromatic carbocycles. The van der Waals surface area contributed by atoms with Gasteiger partial charge in [0.1, 0.15) is 6.04 Å². The number of hydrogen-bond acceptors (Lipinski definition) is 7. The number of hydrogen-bond donors (Lipinski definition) is 0. The average Bonchev–Trinajstić information content (AvgIpc) is 3.27. The molecule has 3 heterocycles. The van der Waals surface area contributed by atoms with Crippen molar-refractivity contribution in [3.8, 4) is 11.5 Å². The van der Waals surface area contributed by atoms with Gasteiger partial charge in [0.25, 0.3) is 0 Å². The van der Waals surface area contributed by atoms with Crippen molar-refractivity contribution in [3.05, 3.63) is 23.8 Å². The third-order valence-electron chi connectivity index (χ3n) is 4.76. The molecule has 0 saturated carbocycles. The molecule has 1 aromatic rings. The molecular formula is C17H17NO6S. The van der Waals surface area contributed by atoms with E-state index >= 15 is 0 Å². The molecule has 0 unspecified atom stereocenters. The normalized spacial score (nSPS) is 26.7. The summed E-state index contributed by atoms with van der Waals surface area (Å²) in [6.07, 6.45) is 1.18. The number of amides is 1. The van der Waals surface area contributed by atoms with Gasteiger partial charge in [-0.3, -0.25) is 9.59 Å². The van der Waals surface area contributed by atoms with Crippen molar-refractivity contribution in [1.29, 1.82) is 0 Å². The number of carbonyl (C=O) groups excluding carboxylic acids is 3. The van der Waals surface area contributed by atoms with Crippen LogP contribution in [-0.2, 0) is 14.3 Å². The third-order valence-corrected chi connectivity index (χ3v) is 6.26. The molecule has 4 rings (SSSR count). The number of thioether (sulfide) groups is 1. The summed E-state index contributed by atoms with van der Waals surface area (Å²) in [5.74, 6) is 0.704. The summed E-state index contributed by atoms with van der Waals surface area (Å²) < 4.78 is 15.6. The van der Waals surface area contributed by atoms with Crippen molar-refractivity contribution in [2.75, 3.05) is 19.2 Å². The van der Waals surface area contributed by atoms with Crippen LogP contribution in [0.3, 0.4) is 0 Å². The standard InChI is InChI=1S/C17H17NO6S/c1-17-5-4-15(20)18(17)11(8-25-17)16(21)22-7-12(19)10-2-3-13-14(6-10)24-9-23-13/h2-3,6,11H,4-5,7-9H2,1H3/t11-,17-/m1/s1. The summed E-state index contributed by atoms with van der Waals surface area (Å²) in [6, 6.07) is 4.22. The largest absolute Gasteiger partial charge is 0.456 e. The van der Waals surface area contributed by atoms with E-state index in [-0.39, 0.29) is 30.0 Å². The second-order valence-corrected chi connectivity index (χ2v) is 7.87. The van der Waals surface area contributed by atoms with Crippen LogP contribution in [0, 0.1) is 0 Å². The van der Waals surface area contributed by atoms with Gasteiger partial charge in [-0.2, -0.15) is 0 Å². The molecule has 0 aliphatic carbocycles. The van der Waals surface area contributed by atoms with Gasteiger partial charge in [0, 0.05) is 17.7 Å². The molecule has 25 heavy (non-hydrogen) atoms. The predicted octanol–water partition coefficient (Wildman–Crippen LogP) is 1.60. The van der Waals surface area contributed by atoms with E-state index < -0.39 is 12.0 Å². The first-order valence-corrected chi connectivity index (χ1v) is 9.02. The van der Waals surface area contributed by atoms with Gasteiger partial charge in [0.2, 0.25) is 12.7 Å². The van der Waals surface area contributed by atoms with Gasteiger partial charge in [0.05, 0.1) is 4.87 Å². The van der Waals surface area contributed by atoms with Crippen LogP contribution < -0.4 is 9.47 Å². The van der Waals surface area contributed by atoms with E-state index in [0.717, 1.165) is 6.42 Å². The molecule has 1 amide bonds. The number of Topliss-reactive ketones (excluding diaryl/α,β-unsaturated/α-hetero) is 1. The first-order valence-electron chi connectivity index (χ1n) is 8.03. The number of nitrogens with zero attached hydrogens (tertiary/aromatic N) is 1. The van der Waals surface area contributed by atoms with Gasteiger partial charge in [-0.05, 0) is 31.5 Å². The zero-order chi connectivity index (χ0) is 17.6. The van der Waals surface area contributed by atoms with Gasteiger partial charge >= 0.3 is 5.97 Å². The van der Waals surface area contributed by atoms with Gasteiger partial charge in [-0.1, -0.05) is 0 Å². The van der Waals surface area contributed by atoms with Crippen LogP contribution in [0.4, 0.5) is 0 Å². The number of benzene rings is 1. The molecule has 7 nitrogen and oxygen atoms in total. The SMILES string of the molecule is C[C@@]12CCC(=O)N1[C@@H](C(=O)OCC(=O)c1ccc3c(c1)OCO3)CS2. The van der Waals surface area contributed by atoms with Crippen molar-refractivity contribution in [2.45, 2.75) is 30.7 Å². The summed E-state index contributed by atoms with van der Waals surface area (Å²) >= 11 is 1.59. The number of esters is 1. The first kappa shape index (κ1) is 16.3. The molecule has 2 fully saturated rings. The highest BCUT2D eigenvalue weighted by molar-refractivity contribution is 8.01. The second-order valence-electron chi connectivity index (χ2n) is 6.36. The van der Waals surface area contributed by atoms with Crippen molar-refractivity contribution in [2.24, 2.45) is 0 Å². The Balaban J connectivity index is 1.39. The fourth-order valence-electron chi connectivity index (χ4n) is 3.38. The Morgan fingerprint density at radius 3 is 3.00 bits per heavy atom. The van der Waals surface area contributed by atoms with E-state index in [1.54, 1.807) is 34.9 Å². The highest BCUT2D eigenvalue weighted by Crippen LogP contribution is 2.47. The van der Waals surface area contributed by atoms with E-state index in [4.69, 9.17) is 14.2 Å². The van der Waals surface area contributed by atoms with Crippen LogP contribution in [-0.4, -0.2) is 52.6 Å². The fraction of sp³-hybridized carbons (Fsp3) is 0.471. The van der Waals surface area contributed by atoms with Gasteiger partial charge in [-0.25, -0.2) is 4.79 Å². The van der Waals surface area contributed by atoms with Crippen LogP contribution in [0.2, 0.25) is 0 Å². The Kier molecular flexibility index (Phi) is 3.87. The Labute approximate surface area is 148 Å². The minimum Gasteiger partial charge on any atom is -0.456 e. The van der Waals surface area contributed by atoms with Crippen molar-refractivity contribution < 1.29 is 28.6 Å². The summed E-state index contributed by atoms with van der Waals surface area (Å²) in [5, 5.41) is 0. The Bertz CT molecular complexity index is 766. The van der Waals surface area contributed by atoms with Crippen molar-refractivity contribution in [3.63, 3.8) is 0 Å². The highest BCUT2D eigenvalue weighted by atomic mass is 32.2. The van der Waals surface area contributed by atoms with E-state index in [2.05, 4.69) is 0 Å². The summed E-state index contributed by atoms with van der Waals surface area (Å²) in [5.41, 5.74) is 0.389. The lowest BCUT2D eigenvalue weighted by Crippen LogP contribution is -2.46. The van der Waals surface area contributed by atoms with E-state index in [0.29, 0.717) is 29.2 Å². The molecule has 2 saturated heterocycles.